The highest BCUT2D eigenvalue weighted by Crippen LogP contribution is 2.47. The van der Waals surface area contributed by atoms with Gasteiger partial charge in [0.05, 0.1) is 17.9 Å². The Bertz CT molecular complexity index is 792. The van der Waals surface area contributed by atoms with Crippen molar-refractivity contribution in [3.63, 3.8) is 0 Å². The highest BCUT2D eigenvalue weighted by Gasteiger charge is 2.28. The maximum atomic E-state index is 12.7. The van der Waals surface area contributed by atoms with Gasteiger partial charge in [0.1, 0.15) is 0 Å². The molecule has 0 N–H and O–H groups in total. The maximum absolute atomic E-state index is 12.7. The van der Waals surface area contributed by atoms with Crippen molar-refractivity contribution >= 4 is 29.2 Å². The predicted octanol–water partition coefficient (Wildman–Crippen LogP) is 4.77. The molecule has 26 heavy (non-hydrogen) atoms. The standard InChI is InChI=1S/C21H22N2O2S/c1-3-22(4-2)15-9-10-16-25-21(24)23-17-11-5-7-13-19(17)26-20-14-8-6-12-18(20)23/h5-8,11-14H,3-4,15-16H2,1-2H3. The van der Waals surface area contributed by atoms with Gasteiger partial charge in [0.25, 0.3) is 0 Å². The molecule has 2 aromatic carbocycles. The molecule has 1 aliphatic heterocycles. The highest BCUT2D eigenvalue weighted by atomic mass is 32.2. The molecule has 0 saturated heterocycles. The molecule has 1 amide bonds. The van der Waals surface area contributed by atoms with E-state index < -0.39 is 6.09 Å². The Morgan fingerprint density at radius 3 is 2.15 bits per heavy atom. The molecule has 4 nitrogen and oxygen atoms in total. The molecular weight excluding hydrogens is 344 g/mol. The molecular formula is C21H22N2O2S. The Kier molecular flexibility index (Phi) is 6.21. The van der Waals surface area contributed by atoms with Crippen molar-refractivity contribution in [3.8, 4) is 11.8 Å². The number of para-hydroxylation sites is 2. The van der Waals surface area contributed by atoms with Crippen LogP contribution in [0.3, 0.4) is 0 Å². The van der Waals surface area contributed by atoms with Crippen LogP contribution in [-0.4, -0.2) is 37.2 Å². The van der Waals surface area contributed by atoms with Crippen molar-refractivity contribution in [3.05, 3.63) is 48.5 Å². The number of fused-ring (bicyclic) bond motifs is 2. The summed E-state index contributed by atoms with van der Waals surface area (Å²) in [5.41, 5.74) is 1.69. The summed E-state index contributed by atoms with van der Waals surface area (Å²) in [5.74, 6) is 6.00. The first-order valence-corrected chi connectivity index (χ1v) is 9.57. The van der Waals surface area contributed by atoms with Crippen LogP contribution in [0.5, 0.6) is 0 Å². The SMILES string of the molecule is CCN(CC)CC#CCOC(=O)N1c2ccccc2Sc2ccccc21. The minimum absolute atomic E-state index is 0.0913. The number of carbonyl (C=O) groups excluding carboxylic acids is 1. The van der Waals surface area contributed by atoms with Crippen LogP contribution in [0.25, 0.3) is 0 Å². The van der Waals surface area contributed by atoms with Gasteiger partial charge in [-0.05, 0) is 37.4 Å². The van der Waals surface area contributed by atoms with E-state index in [9.17, 15) is 4.79 Å². The van der Waals surface area contributed by atoms with Crippen LogP contribution in [0.15, 0.2) is 58.3 Å². The van der Waals surface area contributed by atoms with Crippen molar-refractivity contribution in [2.45, 2.75) is 23.6 Å². The third-order valence-electron chi connectivity index (χ3n) is 4.20. The Labute approximate surface area is 159 Å². The molecule has 0 radical (unpaired) electrons. The lowest BCUT2D eigenvalue weighted by molar-refractivity contribution is 0.170. The Morgan fingerprint density at radius 1 is 1.00 bits per heavy atom. The van der Waals surface area contributed by atoms with Gasteiger partial charge in [0.15, 0.2) is 6.61 Å². The zero-order valence-corrected chi connectivity index (χ0v) is 15.9. The van der Waals surface area contributed by atoms with Gasteiger partial charge in [0.2, 0.25) is 0 Å². The predicted molar refractivity (Wildman–Crippen MR) is 106 cm³/mol. The van der Waals surface area contributed by atoms with Crippen LogP contribution >= 0.6 is 11.8 Å². The fourth-order valence-electron chi connectivity index (χ4n) is 2.73. The third kappa shape index (κ3) is 4.04. The van der Waals surface area contributed by atoms with Crippen molar-refractivity contribution in [2.24, 2.45) is 0 Å². The fourth-order valence-corrected chi connectivity index (χ4v) is 3.79. The van der Waals surface area contributed by atoms with Crippen LogP contribution in [0, 0.1) is 11.8 Å². The van der Waals surface area contributed by atoms with Crippen LogP contribution in [-0.2, 0) is 4.74 Å². The summed E-state index contributed by atoms with van der Waals surface area (Å²) in [6.07, 6.45) is -0.401. The van der Waals surface area contributed by atoms with Gasteiger partial charge < -0.3 is 4.74 Å². The smallest absolute Gasteiger partial charge is 0.419 e. The Balaban J connectivity index is 1.73. The van der Waals surface area contributed by atoms with Gasteiger partial charge in [-0.1, -0.05) is 61.7 Å². The molecule has 0 fully saturated rings. The Morgan fingerprint density at radius 2 is 1.58 bits per heavy atom. The first-order chi connectivity index (χ1) is 12.7. The fraction of sp³-hybridized carbons (Fsp3) is 0.286. The van der Waals surface area contributed by atoms with E-state index in [4.69, 9.17) is 4.74 Å². The van der Waals surface area contributed by atoms with E-state index in [1.165, 1.54) is 0 Å². The second-order valence-electron chi connectivity index (χ2n) is 5.74. The van der Waals surface area contributed by atoms with E-state index >= 15 is 0 Å². The summed E-state index contributed by atoms with van der Waals surface area (Å²) in [6.45, 7) is 6.92. The summed E-state index contributed by atoms with van der Waals surface area (Å²) in [6, 6.07) is 15.7. The van der Waals surface area contributed by atoms with Crippen LogP contribution < -0.4 is 4.90 Å². The third-order valence-corrected chi connectivity index (χ3v) is 5.33. The second-order valence-corrected chi connectivity index (χ2v) is 6.83. The van der Waals surface area contributed by atoms with Crippen molar-refractivity contribution in [1.82, 2.24) is 4.90 Å². The summed E-state index contributed by atoms with van der Waals surface area (Å²) >= 11 is 1.66. The van der Waals surface area contributed by atoms with E-state index in [1.54, 1.807) is 16.7 Å². The molecule has 0 bridgehead atoms. The van der Waals surface area contributed by atoms with E-state index in [2.05, 4.69) is 30.6 Å². The molecule has 0 spiro atoms. The summed E-state index contributed by atoms with van der Waals surface area (Å²) < 4.78 is 5.43. The molecule has 0 aliphatic carbocycles. The molecule has 1 aliphatic rings. The number of carbonyl (C=O) groups is 1. The number of amides is 1. The van der Waals surface area contributed by atoms with Crippen molar-refractivity contribution in [1.29, 1.82) is 0 Å². The lowest BCUT2D eigenvalue weighted by atomic mass is 10.2. The monoisotopic (exact) mass is 366 g/mol. The van der Waals surface area contributed by atoms with Crippen LogP contribution in [0.4, 0.5) is 16.2 Å². The lowest BCUT2D eigenvalue weighted by Crippen LogP contribution is -2.29. The van der Waals surface area contributed by atoms with Gasteiger partial charge >= 0.3 is 6.09 Å². The zero-order valence-electron chi connectivity index (χ0n) is 15.1. The highest BCUT2D eigenvalue weighted by molar-refractivity contribution is 7.99. The van der Waals surface area contributed by atoms with Crippen LogP contribution in [0.1, 0.15) is 13.8 Å². The molecule has 5 heteroatoms. The molecule has 0 atom stereocenters. The maximum Gasteiger partial charge on any atom is 0.419 e. The second kappa shape index (κ2) is 8.79. The first kappa shape index (κ1) is 18.4. The molecule has 3 rings (SSSR count). The Hall–Kier alpha value is -2.42. The van der Waals surface area contributed by atoms with E-state index in [0.717, 1.165) is 34.3 Å². The number of rotatable bonds is 4. The quantitative estimate of drug-likeness (QED) is 0.730. The molecule has 0 saturated carbocycles. The normalized spacial score (nSPS) is 12.0. The number of nitrogens with zero attached hydrogens (tertiary/aromatic N) is 2. The summed E-state index contributed by atoms with van der Waals surface area (Å²) in [5, 5.41) is 0. The topological polar surface area (TPSA) is 32.8 Å². The number of hydrogen-bond donors (Lipinski definition) is 0. The largest absolute Gasteiger partial charge is 0.436 e. The van der Waals surface area contributed by atoms with E-state index in [1.807, 2.05) is 48.5 Å². The van der Waals surface area contributed by atoms with Crippen molar-refractivity contribution in [2.75, 3.05) is 31.1 Å². The molecule has 134 valence electrons. The molecule has 2 aromatic rings. The number of ether oxygens (including phenoxy) is 1. The minimum Gasteiger partial charge on any atom is -0.436 e. The minimum atomic E-state index is -0.401. The van der Waals surface area contributed by atoms with E-state index in [0.29, 0.717) is 6.54 Å². The number of hydrogen-bond acceptors (Lipinski definition) is 4. The number of anilines is 2. The first-order valence-electron chi connectivity index (χ1n) is 8.75. The number of benzene rings is 2. The molecule has 0 unspecified atom stereocenters. The van der Waals surface area contributed by atoms with Gasteiger partial charge in [0, 0.05) is 9.79 Å². The molecule has 1 heterocycles. The average molecular weight is 366 g/mol. The molecule has 0 aromatic heterocycles. The van der Waals surface area contributed by atoms with Gasteiger partial charge in [-0.2, -0.15) is 0 Å². The van der Waals surface area contributed by atoms with E-state index in [-0.39, 0.29) is 6.61 Å². The summed E-state index contributed by atoms with van der Waals surface area (Å²) in [4.78, 5) is 18.7. The average Bonchev–Trinajstić information content (AvgIpc) is 2.68. The summed E-state index contributed by atoms with van der Waals surface area (Å²) in [7, 11) is 0. The van der Waals surface area contributed by atoms with Gasteiger partial charge in [-0.15, -0.1) is 0 Å². The zero-order chi connectivity index (χ0) is 18.4. The van der Waals surface area contributed by atoms with Crippen molar-refractivity contribution < 1.29 is 9.53 Å². The van der Waals surface area contributed by atoms with Gasteiger partial charge in [-0.3, -0.25) is 4.90 Å². The van der Waals surface area contributed by atoms with Crippen LogP contribution in [0.2, 0.25) is 0 Å². The lowest BCUT2D eigenvalue weighted by Gasteiger charge is -2.29. The van der Waals surface area contributed by atoms with Gasteiger partial charge in [-0.25, -0.2) is 9.69 Å².